The van der Waals surface area contributed by atoms with E-state index in [9.17, 15) is 152 Å². The maximum absolute atomic E-state index is 13.7. The summed E-state index contributed by atoms with van der Waals surface area (Å²) < 4.78 is 107. The molecule has 0 saturated carbocycles. The van der Waals surface area contributed by atoms with Crippen molar-refractivity contribution in [1.82, 2.24) is 16.0 Å². The number of amides is 3. The summed E-state index contributed by atoms with van der Waals surface area (Å²) in [6.45, 7) is -2.37. The van der Waals surface area contributed by atoms with E-state index in [0.29, 0.717) is 0 Å². The first-order chi connectivity index (χ1) is 54.6. The Morgan fingerprint density at radius 1 is 0.388 bits per heavy atom. The first kappa shape index (κ1) is 95.5. The average molecular weight is 1700 g/mol. The van der Waals surface area contributed by atoms with Gasteiger partial charge in [-0.05, 0) is 13.8 Å². The predicted molar refractivity (Wildman–Crippen MR) is 356 cm³/mol. The molecule has 28 N–H and O–H groups in total. The van der Waals surface area contributed by atoms with E-state index in [1.54, 1.807) is 0 Å². The number of ether oxygens (including phenoxy) is 18. The van der Waals surface area contributed by atoms with Crippen molar-refractivity contribution in [3.05, 3.63) is 0 Å². The summed E-state index contributed by atoms with van der Waals surface area (Å²) >= 11 is 0. The topological polar surface area (TPSA) is 793 Å². The predicted octanol–water partition coefficient (Wildman–Crippen LogP) is -18.4. The second kappa shape index (κ2) is 40.8. The Morgan fingerprint density at radius 3 is 1.23 bits per heavy atom. The molecule has 0 aromatic heterocycles. The highest BCUT2D eigenvalue weighted by Gasteiger charge is 2.64. The summed E-state index contributed by atoms with van der Waals surface area (Å²) in [7, 11) is 0. The van der Waals surface area contributed by atoms with Gasteiger partial charge in [-0.15, -0.1) is 0 Å². The van der Waals surface area contributed by atoms with Crippen LogP contribution >= 0.6 is 0 Å². The molecule has 9 heterocycles. The highest BCUT2D eigenvalue weighted by molar-refractivity contribution is 5.77. The quantitative estimate of drug-likeness (QED) is 0.0297. The van der Waals surface area contributed by atoms with Crippen molar-refractivity contribution in [3.63, 3.8) is 0 Å². The third kappa shape index (κ3) is 20.8. The summed E-state index contributed by atoms with van der Waals surface area (Å²) in [6.07, 6.45) is -91.0. The van der Waals surface area contributed by atoms with Crippen LogP contribution < -0.4 is 16.0 Å². The average Bonchev–Trinajstić information content (AvgIpc) is 0.751. The lowest BCUT2D eigenvalue weighted by molar-refractivity contribution is -0.397. The molecule has 51 nitrogen and oxygen atoms in total. The molecule has 0 aromatic carbocycles. The molecular weight excluding hydrogens is 1590 g/mol. The number of aliphatic hydroxyl groups excluding tert-OH is 24. The minimum absolute atomic E-state index is 0.851. The molecule has 51 heteroatoms. The summed E-state index contributed by atoms with van der Waals surface area (Å²) in [4.78, 5) is 65.9. The Bertz CT molecular complexity index is 3160. The maximum atomic E-state index is 13.7. The Morgan fingerprint density at radius 2 is 0.767 bits per heavy atom. The molecule has 9 rings (SSSR count). The zero-order valence-electron chi connectivity index (χ0n) is 62.7. The number of carboxylic acid groups (broad SMARTS) is 1. The highest BCUT2D eigenvalue weighted by atomic mass is 16.8. The van der Waals surface area contributed by atoms with Crippen LogP contribution in [0.1, 0.15) is 48.0 Å². The van der Waals surface area contributed by atoms with E-state index in [-0.39, 0.29) is 0 Å². The zero-order chi connectivity index (χ0) is 85.9. The number of hydrogen-bond acceptors (Lipinski definition) is 47. The van der Waals surface area contributed by atoms with Gasteiger partial charge >= 0.3 is 11.9 Å². The number of carbonyl (C=O) groups is 5. The molecule has 116 heavy (non-hydrogen) atoms. The number of nitrogens with one attached hydrogen (secondary N) is 3. The van der Waals surface area contributed by atoms with Gasteiger partial charge in [0.2, 0.25) is 17.7 Å². The van der Waals surface area contributed by atoms with Crippen LogP contribution in [0.3, 0.4) is 0 Å². The van der Waals surface area contributed by atoms with Gasteiger partial charge in [0.15, 0.2) is 50.3 Å². The fourth-order valence-corrected chi connectivity index (χ4v) is 15.0. The second-order valence-corrected chi connectivity index (χ2v) is 29.4. The van der Waals surface area contributed by atoms with Gasteiger partial charge in [0, 0.05) is 27.7 Å². The lowest BCUT2D eigenvalue weighted by Crippen LogP contribution is -2.72. The van der Waals surface area contributed by atoms with Gasteiger partial charge in [0.1, 0.15) is 207 Å². The lowest BCUT2D eigenvalue weighted by atomic mass is 9.87. The van der Waals surface area contributed by atoms with E-state index in [0.717, 1.165) is 27.7 Å². The Hall–Kier alpha value is -4.29. The molecule has 9 fully saturated rings. The third-order valence-corrected chi connectivity index (χ3v) is 21.1. The van der Waals surface area contributed by atoms with Gasteiger partial charge in [-0.25, -0.2) is 4.79 Å². The van der Waals surface area contributed by atoms with Crippen LogP contribution in [0.4, 0.5) is 0 Å². The van der Waals surface area contributed by atoms with Crippen molar-refractivity contribution in [2.24, 2.45) is 0 Å². The standard InChI is InChI=1S/C65H107N3O48/c1-15-32(80)38(86)43(91)59(100-15)112-52-30(67-18(4)76)57(106-26(12-73)49(52)111-63-47(95)55(36(84)24(10-71)105-63)116-65(64(97)98)7-22(102-20(6)78)29(66-17(3)75)51(115-65)34(82)21(79)8-69)99-14-28-37(85)54(46(94)62(108-28)109-48-25(11-72)103-56(96)42(90)41(48)89)114-58-31(68-19(5)77)53(113-60-44(92)39(87)33(81)16(2)101-60)50(27(13-74)107-58)110-61-45(93)40(88)35(83)23(9-70)104-61/h15-16,21-63,69-74,79-96H,7-14H2,1-6H3,(H,66,75)(H,67,76)(H,68,77)(H,97,98)/t15-,16-,21+,22-,23+,24+,25+,26+,27+,28+,29+,30+,31+,32+,33+,34+,35-,36-,37-,38+,39+,40-,41+,42+,43-,44-,45+,46+,47+,48+,49+,50+,51+,52+,53+,54-,55-,56?,57+,58-,59-,60-,61-,62-,63-,65-/m0/s1. The molecule has 3 amide bonds. The number of rotatable bonds is 30. The highest BCUT2D eigenvalue weighted by Crippen LogP contribution is 2.43. The van der Waals surface area contributed by atoms with Crippen LogP contribution in [0, 0.1) is 0 Å². The van der Waals surface area contributed by atoms with Crippen molar-refractivity contribution < 1.29 is 237 Å². The van der Waals surface area contributed by atoms with E-state index >= 15 is 0 Å². The molecule has 670 valence electrons. The minimum atomic E-state index is -3.38. The zero-order valence-corrected chi connectivity index (χ0v) is 62.7. The first-order valence-electron chi connectivity index (χ1n) is 36.9. The normalized spacial score (nSPS) is 48.2. The molecule has 46 atom stereocenters. The van der Waals surface area contributed by atoms with Gasteiger partial charge < -0.3 is 229 Å². The minimum Gasteiger partial charge on any atom is -0.477 e. The number of esters is 1. The molecule has 1 unspecified atom stereocenters. The maximum Gasteiger partial charge on any atom is 0.364 e. The molecule has 0 aromatic rings. The molecule has 0 radical (unpaired) electrons. The fraction of sp³-hybridized carbons (Fsp3) is 0.923. The summed E-state index contributed by atoms with van der Waals surface area (Å²) in [5, 5.41) is 285. The number of aliphatic hydroxyl groups is 24. The number of carboxylic acids is 1. The van der Waals surface area contributed by atoms with Crippen molar-refractivity contribution in [2.75, 3.05) is 46.2 Å². The van der Waals surface area contributed by atoms with Gasteiger partial charge in [-0.3, -0.25) is 19.2 Å². The summed E-state index contributed by atoms with van der Waals surface area (Å²) in [5.74, 6) is -9.67. The van der Waals surface area contributed by atoms with E-state index in [4.69, 9.17) is 85.3 Å². The first-order valence-corrected chi connectivity index (χ1v) is 36.9. The molecule has 0 bridgehead atoms. The van der Waals surface area contributed by atoms with E-state index in [2.05, 4.69) is 16.0 Å². The Labute approximate surface area is 656 Å². The molecule has 9 aliphatic rings. The van der Waals surface area contributed by atoms with Crippen molar-refractivity contribution in [3.8, 4) is 0 Å². The number of aliphatic carboxylic acids is 1. The molecule has 9 aliphatic heterocycles. The van der Waals surface area contributed by atoms with Crippen molar-refractivity contribution in [2.45, 2.75) is 330 Å². The Balaban J connectivity index is 1.09. The van der Waals surface area contributed by atoms with Crippen LogP contribution in [-0.4, -0.2) is 485 Å². The van der Waals surface area contributed by atoms with Crippen LogP contribution in [0.25, 0.3) is 0 Å². The van der Waals surface area contributed by atoms with Crippen LogP contribution in [0.2, 0.25) is 0 Å². The largest absolute Gasteiger partial charge is 0.477 e. The lowest BCUT2D eigenvalue weighted by Gasteiger charge is -2.52. The third-order valence-electron chi connectivity index (χ3n) is 21.1. The molecule has 0 spiro atoms. The van der Waals surface area contributed by atoms with Gasteiger partial charge in [0.25, 0.3) is 5.79 Å². The van der Waals surface area contributed by atoms with Crippen molar-refractivity contribution >= 4 is 29.7 Å². The SMILES string of the molecule is CC(=O)N[C@H]1[C@H](O[C@H]2[C@@H](O)[C@@H](CO[C@@H]3O[C@H](CO)[C@@H](O[C@@H]4O[C@H](CO)[C@H](O)[C@H](O[C@]5(C(=O)O)C[C@H](OC(C)=O)[C@@H](NC(C)=O)[C@H]([C@H](O)[C@H](O)CO)O5)[C@H]4O)[C@H](O[C@@H]4O[C@@H](C)[C@@H](O)[C@@H](O)[C@@H]4O)[C@H]3NC(C)=O)O[C@@H](O[C@H]3[C@H](O)[C@@H](O)C(O)O[C@@H]3CO)[C@@H]2O)O[C@H](CO)[C@@H](O[C@@H]2O[C@H](CO)[C@H](O)[C@H](O)[C@H]2O)[C@@H]1O[C@@H]1O[C@@H](C)[C@@H](O)[C@@H](O)[C@@H]1O. The van der Waals surface area contributed by atoms with Gasteiger partial charge in [-0.1, -0.05) is 0 Å². The van der Waals surface area contributed by atoms with E-state index in [1.165, 1.54) is 13.8 Å². The van der Waals surface area contributed by atoms with E-state index < -0.39 is 364 Å². The van der Waals surface area contributed by atoms with E-state index in [1.807, 2.05) is 0 Å². The fourth-order valence-electron chi connectivity index (χ4n) is 15.0. The van der Waals surface area contributed by atoms with Gasteiger partial charge in [0.05, 0.1) is 70.9 Å². The van der Waals surface area contributed by atoms with Gasteiger partial charge in [-0.2, -0.15) is 0 Å². The summed E-state index contributed by atoms with van der Waals surface area (Å²) in [6, 6.07) is -5.88. The second-order valence-electron chi connectivity index (χ2n) is 29.4. The number of hydrogen-bond donors (Lipinski definition) is 28. The van der Waals surface area contributed by atoms with Crippen molar-refractivity contribution in [1.29, 1.82) is 0 Å². The van der Waals surface area contributed by atoms with Crippen LogP contribution in [0.15, 0.2) is 0 Å². The Kier molecular flexibility index (Phi) is 33.6. The summed E-state index contributed by atoms with van der Waals surface area (Å²) in [5.41, 5.74) is 0. The molecule has 0 aliphatic carbocycles. The molecule has 9 saturated heterocycles. The van der Waals surface area contributed by atoms with Crippen LogP contribution in [0.5, 0.6) is 0 Å². The van der Waals surface area contributed by atoms with Crippen LogP contribution in [-0.2, 0) is 109 Å². The molecular formula is C65H107N3O48. The number of carbonyl (C=O) groups excluding carboxylic acids is 4. The monoisotopic (exact) mass is 1700 g/mol. The smallest absolute Gasteiger partial charge is 0.364 e.